The zero-order chi connectivity index (χ0) is 22.9. The minimum absolute atomic E-state index is 0.0271. The molecule has 8 nitrogen and oxygen atoms in total. The molecule has 1 aromatic heterocycles. The number of fused-ring (bicyclic) bond motifs is 1. The number of nitrogens with zero attached hydrogens (tertiary/aromatic N) is 4. The summed E-state index contributed by atoms with van der Waals surface area (Å²) in [5, 5.41) is 17.1. The second-order valence-corrected chi connectivity index (χ2v) is 8.64. The van der Waals surface area contributed by atoms with Gasteiger partial charge >= 0.3 is 0 Å². The number of nitriles is 1. The summed E-state index contributed by atoms with van der Waals surface area (Å²) in [4.78, 5) is 18.5. The fourth-order valence-corrected chi connectivity index (χ4v) is 4.25. The average Bonchev–Trinajstić information content (AvgIpc) is 3.41. The highest BCUT2D eigenvalue weighted by Gasteiger charge is 2.29. The highest BCUT2D eigenvalue weighted by molar-refractivity contribution is 5.80. The number of ether oxygens (including phenoxy) is 1. The maximum Gasteiger partial charge on any atom is 0.258 e. The van der Waals surface area contributed by atoms with Gasteiger partial charge in [-0.05, 0) is 56.0 Å². The molecule has 0 spiro atoms. The molecule has 1 fully saturated rings. The summed E-state index contributed by atoms with van der Waals surface area (Å²) in [6, 6.07) is 13.7. The number of hydrogen-bond acceptors (Lipinski definition) is 7. The molecule has 0 saturated carbocycles. The van der Waals surface area contributed by atoms with Crippen LogP contribution < -0.4 is 10.1 Å². The first-order chi connectivity index (χ1) is 16.0. The molecule has 2 aliphatic rings. The van der Waals surface area contributed by atoms with Crippen LogP contribution in [0.4, 0.5) is 0 Å². The van der Waals surface area contributed by atoms with E-state index in [-0.39, 0.29) is 18.1 Å². The number of aromatic nitrogens is 2. The van der Waals surface area contributed by atoms with Crippen molar-refractivity contribution in [3.8, 4) is 34.7 Å². The highest BCUT2D eigenvalue weighted by atomic mass is 16.5. The van der Waals surface area contributed by atoms with Gasteiger partial charge in [0.25, 0.3) is 5.89 Å². The number of rotatable bonds is 7. The summed E-state index contributed by atoms with van der Waals surface area (Å²) in [5.41, 5.74) is 4.39. The first-order valence-corrected chi connectivity index (χ1v) is 11.2. The summed E-state index contributed by atoms with van der Waals surface area (Å²) in [6.45, 7) is 5.94. The molecule has 1 atom stereocenters. The molecule has 1 saturated heterocycles. The Labute approximate surface area is 192 Å². The van der Waals surface area contributed by atoms with Crippen LogP contribution in [-0.2, 0) is 11.2 Å². The summed E-state index contributed by atoms with van der Waals surface area (Å²) < 4.78 is 11.2. The van der Waals surface area contributed by atoms with E-state index in [1.165, 1.54) is 11.1 Å². The Kier molecular flexibility index (Phi) is 5.56. The summed E-state index contributed by atoms with van der Waals surface area (Å²) in [6.07, 6.45) is 1.78. The highest BCUT2D eigenvalue weighted by Crippen LogP contribution is 2.37. The van der Waals surface area contributed by atoms with Crippen LogP contribution in [0.5, 0.6) is 5.75 Å². The van der Waals surface area contributed by atoms with Crippen LogP contribution in [0.1, 0.15) is 43.0 Å². The van der Waals surface area contributed by atoms with E-state index in [2.05, 4.69) is 27.6 Å². The van der Waals surface area contributed by atoms with E-state index in [1.54, 1.807) is 12.1 Å². The molecule has 3 aromatic rings. The molecule has 2 heterocycles. The van der Waals surface area contributed by atoms with Gasteiger partial charge in [0.1, 0.15) is 11.8 Å². The fourth-order valence-electron chi connectivity index (χ4n) is 4.25. The number of nitrogens with one attached hydrogen (secondary N) is 1. The van der Waals surface area contributed by atoms with Crippen molar-refractivity contribution in [2.45, 2.75) is 38.8 Å². The lowest BCUT2D eigenvalue weighted by molar-refractivity contribution is -0.124. The van der Waals surface area contributed by atoms with Gasteiger partial charge in [0, 0.05) is 30.3 Å². The van der Waals surface area contributed by atoms with Crippen molar-refractivity contribution < 1.29 is 14.1 Å². The van der Waals surface area contributed by atoms with E-state index in [1.807, 2.05) is 36.9 Å². The number of hydrogen-bond donors (Lipinski definition) is 1. The Morgan fingerprint density at radius 2 is 2.18 bits per heavy atom. The number of benzene rings is 2. The third-order valence-electron chi connectivity index (χ3n) is 5.95. The Morgan fingerprint density at radius 3 is 2.94 bits per heavy atom. The molecule has 8 heteroatoms. The van der Waals surface area contributed by atoms with Crippen molar-refractivity contribution in [2.24, 2.45) is 0 Å². The Balaban J connectivity index is 1.38. The molecule has 0 unspecified atom stereocenters. The Morgan fingerprint density at radius 1 is 1.33 bits per heavy atom. The van der Waals surface area contributed by atoms with E-state index in [0.29, 0.717) is 35.1 Å². The van der Waals surface area contributed by atoms with E-state index in [9.17, 15) is 10.1 Å². The Hall–Kier alpha value is -3.70. The van der Waals surface area contributed by atoms with Crippen LogP contribution in [-0.4, -0.2) is 46.7 Å². The molecule has 1 amide bonds. The number of carbonyl (C=O) groups is 1. The summed E-state index contributed by atoms with van der Waals surface area (Å²) in [7, 11) is 0. The standard InChI is InChI=1S/C25H25N5O3/c1-15(2)32-22-9-6-16(12-17(22)13-26)25-28-24(29-33-25)20-5-3-4-19-18(20)7-8-21(19)27-14-23(31)30-10-11-30/h3-6,9,12,15,21,27H,7-8,10-11,14H2,1-2H3/t21-/m0/s1. The molecule has 2 aromatic carbocycles. The van der Waals surface area contributed by atoms with Gasteiger partial charge in [-0.2, -0.15) is 10.2 Å². The molecule has 33 heavy (non-hydrogen) atoms. The van der Waals surface area contributed by atoms with Gasteiger partial charge < -0.3 is 19.5 Å². The molecule has 1 N–H and O–H groups in total. The van der Waals surface area contributed by atoms with Gasteiger partial charge in [-0.25, -0.2) is 0 Å². The molecule has 1 aliphatic carbocycles. The minimum Gasteiger partial charge on any atom is -0.490 e. The monoisotopic (exact) mass is 443 g/mol. The first kappa shape index (κ1) is 21.2. The van der Waals surface area contributed by atoms with Gasteiger partial charge in [-0.3, -0.25) is 4.79 Å². The number of carbonyl (C=O) groups excluding carboxylic acids is 1. The van der Waals surface area contributed by atoms with Crippen LogP contribution in [0.2, 0.25) is 0 Å². The van der Waals surface area contributed by atoms with Crippen molar-refractivity contribution in [3.63, 3.8) is 0 Å². The second-order valence-electron chi connectivity index (χ2n) is 8.64. The van der Waals surface area contributed by atoms with Gasteiger partial charge in [-0.15, -0.1) is 0 Å². The summed E-state index contributed by atoms with van der Waals surface area (Å²) >= 11 is 0. The Bertz CT molecular complexity index is 1240. The van der Waals surface area contributed by atoms with E-state index >= 15 is 0 Å². The number of amides is 1. The average molecular weight is 444 g/mol. The van der Waals surface area contributed by atoms with E-state index in [4.69, 9.17) is 9.26 Å². The lowest BCUT2D eigenvalue weighted by Crippen LogP contribution is -2.30. The third-order valence-corrected chi connectivity index (χ3v) is 5.95. The molecule has 1 aliphatic heterocycles. The van der Waals surface area contributed by atoms with Crippen LogP contribution in [0.25, 0.3) is 22.8 Å². The SMILES string of the molecule is CC(C)Oc1ccc(-c2nc(-c3cccc4c3CC[C@@H]4NCC(=O)N3CC3)no2)cc1C#N. The van der Waals surface area contributed by atoms with Crippen molar-refractivity contribution in [1.82, 2.24) is 20.4 Å². The molecule has 0 bridgehead atoms. The van der Waals surface area contributed by atoms with Crippen LogP contribution in [0.15, 0.2) is 40.9 Å². The van der Waals surface area contributed by atoms with Gasteiger partial charge in [0.15, 0.2) is 0 Å². The first-order valence-electron chi connectivity index (χ1n) is 11.2. The maximum absolute atomic E-state index is 12.0. The largest absolute Gasteiger partial charge is 0.490 e. The van der Waals surface area contributed by atoms with Crippen molar-refractivity contribution in [1.29, 1.82) is 5.26 Å². The van der Waals surface area contributed by atoms with Crippen molar-refractivity contribution >= 4 is 5.91 Å². The minimum atomic E-state index is -0.0271. The topological polar surface area (TPSA) is 104 Å². The molecule has 0 radical (unpaired) electrons. The predicted octanol–water partition coefficient (Wildman–Crippen LogP) is 3.48. The quantitative estimate of drug-likeness (QED) is 0.558. The molecular weight excluding hydrogens is 418 g/mol. The zero-order valence-electron chi connectivity index (χ0n) is 18.7. The molecule has 168 valence electrons. The van der Waals surface area contributed by atoms with Crippen LogP contribution in [0, 0.1) is 11.3 Å². The van der Waals surface area contributed by atoms with E-state index < -0.39 is 0 Å². The molecule has 5 rings (SSSR count). The fraction of sp³-hybridized carbons (Fsp3) is 0.360. The maximum atomic E-state index is 12.0. The van der Waals surface area contributed by atoms with Crippen molar-refractivity contribution in [3.05, 3.63) is 53.1 Å². The predicted molar refractivity (Wildman–Crippen MR) is 121 cm³/mol. The van der Waals surface area contributed by atoms with Crippen LogP contribution >= 0.6 is 0 Å². The third kappa shape index (κ3) is 4.32. The van der Waals surface area contributed by atoms with Gasteiger partial charge in [-0.1, -0.05) is 23.4 Å². The lowest BCUT2D eigenvalue weighted by Gasteiger charge is -2.14. The lowest BCUT2D eigenvalue weighted by atomic mass is 10.0. The van der Waals surface area contributed by atoms with Crippen LogP contribution in [0.3, 0.4) is 0 Å². The molecular formula is C25H25N5O3. The van der Waals surface area contributed by atoms with Gasteiger partial charge in [0.2, 0.25) is 11.7 Å². The summed E-state index contributed by atoms with van der Waals surface area (Å²) in [5.74, 6) is 1.56. The zero-order valence-corrected chi connectivity index (χ0v) is 18.7. The second kappa shape index (κ2) is 8.68. The van der Waals surface area contributed by atoms with Gasteiger partial charge in [0.05, 0.1) is 18.2 Å². The van der Waals surface area contributed by atoms with E-state index in [0.717, 1.165) is 31.5 Å². The smallest absolute Gasteiger partial charge is 0.258 e. The normalized spacial score (nSPS) is 16.5. The van der Waals surface area contributed by atoms with Crippen molar-refractivity contribution in [2.75, 3.05) is 19.6 Å².